The van der Waals surface area contributed by atoms with Gasteiger partial charge in [-0.15, -0.1) is 0 Å². The van der Waals surface area contributed by atoms with E-state index in [2.05, 4.69) is 5.32 Å². The van der Waals surface area contributed by atoms with E-state index in [-0.39, 0.29) is 5.97 Å². The van der Waals surface area contributed by atoms with Crippen molar-refractivity contribution >= 4 is 5.97 Å². The molecule has 2 rings (SSSR count). The predicted octanol–water partition coefficient (Wildman–Crippen LogP) is 1.85. The van der Waals surface area contributed by atoms with E-state index in [9.17, 15) is 4.79 Å². The summed E-state index contributed by atoms with van der Waals surface area (Å²) < 4.78 is 16.3. The molecule has 0 saturated carbocycles. The van der Waals surface area contributed by atoms with Crippen LogP contribution in [0.25, 0.3) is 0 Å². The Morgan fingerprint density at radius 3 is 2.65 bits per heavy atom. The maximum absolute atomic E-state index is 12.3. The van der Waals surface area contributed by atoms with Crippen molar-refractivity contribution in [3.63, 3.8) is 0 Å². The van der Waals surface area contributed by atoms with Crippen molar-refractivity contribution < 1.29 is 19.0 Å². The van der Waals surface area contributed by atoms with Gasteiger partial charge in [0.2, 0.25) is 0 Å². The average Bonchev–Trinajstić information content (AvgIpc) is 2.47. The van der Waals surface area contributed by atoms with Gasteiger partial charge in [0.05, 0.1) is 6.61 Å². The molecule has 0 spiro atoms. The van der Waals surface area contributed by atoms with Gasteiger partial charge >= 0.3 is 5.97 Å². The van der Waals surface area contributed by atoms with Gasteiger partial charge in [-0.3, -0.25) is 5.32 Å². The van der Waals surface area contributed by atoms with Crippen LogP contribution in [0.1, 0.15) is 26.3 Å². The number of carbonyl (C=O) groups excluding carboxylic acids is 1. The minimum Gasteiger partial charge on any atom is -0.486 e. The lowest BCUT2D eigenvalue weighted by molar-refractivity contribution is -0.151. The largest absolute Gasteiger partial charge is 0.486 e. The highest BCUT2D eigenvalue weighted by atomic mass is 16.6. The molecule has 5 nitrogen and oxygen atoms in total. The van der Waals surface area contributed by atoms with Crippen LogP contribution in [0.5, 0.6) is 11.5 Å². The Morgan fingerprint density at radius 1 is 1.30 bits per heavy atom. The second kappa shape index (κ2) is 6.13. The van der Waals surface area contributed by atoms with Gasteiger partial charge in [0.1, 0.15) is 18.8 Å². The smallest absolute Gasteiger partial charge is 0.330 e. The fourth-order valence-electron chi connectivity index (χ4n) is 2.28. The zero-order valence-electron chi connectivity index (χ0n) is 12.2. The van der Waals surface area contributed by atoms with Crippen LogP contribution < -0.4 is 14.8 Å². The molecular weight excluding hydrogens is 258 g/mol. The topological polar surface area (TPSA) is 56.8 Å². The summed E-state index contributed by atoms with van der Waals surface area (Å²) in [5.74, 6) is 1.09. The van der Waals surface area contributed by atoms with Gasteiger partial charge < -0.3 is 14.2 Å². The normalized spacial score (nSPS) is 16.4. The van der Waals surface area contributed by atoms with Crippen molar-refractivity contribution in [1.29, 1.82) is 0 Å². The highest BCUT2D eigenvalue weighted by Crippen LogP contribution is 2.34. The number of hydrogen-bond donors (Lipinski definition) is 1. The lowest BCUT2D eigenvalue weighted by atomic mass is 9.91. The molecule has 1 aromatic rings. The zero-order chi connectivity index (χ0) is 14.6. The van der Waals surface area contributed by atoms with Crippen molar-refractivity contribution in [2.24, 2.45) is 0 Å². The number of nitrogens with one attached hydrogen (secondary N) is 1. The van der Waals surface area contributed by atoms with Crippen LogP contribution in [-0.2, 0) is 15.1 Å². The quantitative estimate of drug-likeness (QED) is 0.834. The van der Waals surface area contributed by atoms with Crippen LogP contribution in [-0.4, -0.2) is 32.3 Å². The molecule has 0 fully saturated rings. The van der Waals surface area contributed by atoms with Gasteiger partial charge in [0.15, 0.2) is 11.5 Å². The van der Waals surface area contributed by atoms with E-state index in [0.717, 1.165) is 5.56 Å². The Labute approximate surface area is 119 Å². The Kier molecular flexibility index (Phi) is 4.49. The summed E-state index contributed by atoms with van der Waals surface area (Å²) in [7, 11) is 0. The minimum absolute atomic E-state index is 0.293. The molecule has 1 aliphatic heterocycles. The lowest BCUT2D eigenvalue weighted by Crippen LogP contribution is -2.47. The molecule has 1 N–H and O–H groups in total. The Hall–Kier alpha value is -1.75. The summed E-state index contributed by atoms with van der Waals surface area (Å²) in [5.41, 5.74) is -0.0808. The lowest BCUT2D eigenvalue weighted by Gasteiger charge is -2.30. The molecule has 5 heteroatoms. The van der Waals surface area contributed by atoms with Crippen molar-refractivity contribution in [3.8, 4) is 11.5 Å². The first-order valence-electron chi connectivity index (χ1n) is 6.94. The van der Waals surface area contributed by atoms with Crippen molar-refractivity contribution in [2.75, 3.05) is 26.4 Å². The number of hydrogen-bond acceptors (Lipinski definition) is 5. The highest BCUT2D eigenvalue weighted by Gasteiger charge is 2.36. The molecule has 0 bridgehead atoms. The first-order valence-corrected chi connectivity index (χ1v) is 6.94. The number of fused-ring (bicyclic) bond motifs is 1. The third-order valence-corrected chi connectivity index (χ3v) is 3.33. The summed E-state index contributed by atoms with van der Waals surface area (Å²) in [6, 6.07) is 5.54. The third kappa shape index (κ3) is 2.72. The third-order valence-electron chi connectivity index (χ3n) is 3.33. The maximum atomic E-state index is 12.3. The summed E-state index contributed by atoms with van der Waals surface area (Å²) in [6.07, 6.45) is 0. The van der Waals surface area contributed by atoms with E-state index in [1.807, 2.05) is 32.0 Å². The number of carbonyl (C=O) groups is 1. The van der Waals surface area contributed by atoms with E-state index < -0.39 is 5.54 Å². The molecule has 0 amide bonds. The van der Waals surface area contributed by atoms with Gasteiger partial charge in [-0.05, 0) is 38.1 Å². The number of rotatable bonds is 5. The van der Waals surface area contributed by atoms with Gasteiger partial charge in [-0.2, -0.15) is 0 Å². The molecule has 1 aliphatic rings. The predicted molar refractivity (Wildman–Crippen MR) is 75.1 cm³/mol. The molecule has 1 heterocycles. The fraction of sp³-hybridized carbons (Fsp3) is 0.533. The molecule has 0 aliphatic carbocycles. The number of ether oxygens (including phenoxy) is 3. The van der Waals surface area contributed by atoms with Gasteiger partial charge in [0.25, 0.3) is 0 Å². The van der Waals surface area contributed by atoms with Gasteiger partial charge in [-0.25, -0.2) is 4.79 Å². The van der Waals surface area contributed by atoms with Crippen LogP contribution >= 0.6 is 0 Å². The molecule has 0 radical (unpaired) electrons. The van der Waals surface area contributed by atoms with Crippen LogP contribution in [0, 0.1) is 0 Å². The fourth-order valence-corrected chi connectivity index (χ4v) is 2.28. The number of esters is 1. The molecule has 20 heavy (non-hydrogen) atoms. The second-order valence-corrected chi connectivity index (χ2v) is 4.73. The Bertz CT molecular complexity index is 489. The summed E-state index contributed by atoms with van der Waals surface area (Å²) >= 11 is 0. The summed E-state index contributed by atoms with van der Waals surface area (Å²) in [5, 5.41) is 3.20. The zero-order valence-corrected chi connectivity index (χ0v) is 12.2. The molecule has 1 atom stereocenters. The molecule has 1 aromatic carbocycles. The molecule has 0 saturated heterocycles. The van der Waals surface area contributed by atoms with Gasteiger partial charge in [-0.1, -0.05) is 13.0 Å². The molecule has 1 unspecified atom stereocenters. The molecule has 110 valence electrons. The van der Waals surface area contributed by atoms with Crippen LogP contribution in [0.2, 0.25) is 0 Å². The average molecular weight is 279 g/mol. The van der Waals surface area contributed by atoms with Crippen molar-refractivity contribution in [3.05, 3.63) is 23.8 Å². The maximum Gasteiger partial charge on any atom is 0.330 e. The second-order valence-electron chi connectivity index (χ2n) is 4.73. The number of likely N-dealkylation sites (N-methyl/N-ethyl adjacent to an activating group) is 1. The Morgan fingerprint density at radius 2 is 2.00 bits per heavy atom. The van der Waals surface area contributed by atoms with Crippen molar-refractivity contribution in [1.82, 2.24) is 5.32 Å². The van der Waals surface area contributed by atoms with Gasteiger partial charge in [0, 0.05) is 0 Å². The van der Waals surface area contributed by atoms with E-state index in [1.54, 1.807) is 6.92 Å². The van der Waals surface area contributed by atoms with E-state index in [0.29, 0.717) is 37.9 Å². The van der Waals surface area contributed by atoms with E-state index in [4.69, 9.17) is 14.2 Å². The van der Waals surface area contributed by atoms with Crippen LogP contribution in [0.3, 0.4) is 0 Å². The summed E-state index contributed by atoms with van der Waals surface area (Å²) in [6.45, 7) is 7.65. The van der Waals surface area contributed by atoms with E-state index in [1.165, 1.54) is 0 Å². The van der Waals surface area contributed by atoms with E-state index >= 15 is 0 Å². The number of benzene rings is 1. The monoisotopic (exact) mass is 279 g/mol. The van der Waals surface area contributed by atoms with Crippen LogP contribution in [0.4, 0.5) is 0 Å². The molecular formula is C15H21NO4. The summed E-state index contributed by atoms with van der Waals surface area (Å²) in [4.78, 5) is 12.3. The highest BCUT2D eigenvalue weighted by molar-refractivity contribution is 5.82. The first kappa shape index (κ1) is 14.7. The SMILES string of the molecule is CCNC(C)(C(=O)OCC)c1ccc2c(c1)OCCO2. The first-order chi connectivity index (χ1) is 9.61. The molecule has 0 aromatic heterocycles. The standard InChI is InChI=1S/C15H21NO4/c1-4-16-15(3,14(17)18-5-2)11-6-7-12-13(10-11)20-9-8-19-12/h6-7,10,16H,4-5,8-9H2,1-3H3. The van der Waals surface area contributed by atoms with Crippen LogP contribution in [0.15, 0.2) is 18.2 Å². The van der Waals surface area contributed by atoms with Crippen molar-refractivity contribution in [2.45, 2.75) is 26.3 Å². The Balaban J connectivity index is 2.36. The minimum atomic E-state index is -0.888.